The minimum Gasteiger partial charge on any atom is -0.392 e. The number of carbonyl (C=O) groups excluding carboxylic acids is 1. The van der Waals surface area contributed by atoms with Crippen LogP contribution < -0.4 is 10.2 Å². The van der Waals surface area contributed by atoms with E-state index >= 15 is 0 Å². The van der Waals surface area contributed by atoms with Crippen molar-refractivity contribution >= 4 is 11.7 Å². The molecule has 1 aromatic rings. The minimum absolute atomic E-state index is 0.00808. The van der Waals surface area contributed by atoms with Crippen LogP contribution in [0.1, 0.15) is 18.4 Å². The third-order valence-corrected chi connectivity index (χ3v) is 3.35. The lowest BCUT2D eigenvalue weighted by Crippen LogP contribution is -2.42. The van der Waals surface area contributed by atoms with Gasteiger partial charge in [0.15, 0.2) is 0 Å². The maximum atomic E-state index is 11.7. The summed E-state index contributed by atoms with van der Waals surface area (Å²) in [6.07, 6.45) is 3.62. The van der Waals surface area contributed by atoms with E-state index in [9.17, 15) is 4.79 Å². The summed E-state index contributed by atoms with van der Waals surface area (Å²) in [5, 5.41) is 11.7. The van der Waals surface area contributed by atoms with Crippen LogP contribution in [0.25, 0.3) is 0 Å². The zero-order valence-corrected chi connectivity index (χ0v) is 10.6. The molecule has 1 unspecified atom stereocenters. The van der Waals surface area contributed by atoms with E-state index in [1.165, 1.54) is 0 Å². The fourth-order valence-corrected chi connectivity index (χ4v) is 2.30. The molecule has 98 valence electrons. The van der Waals surface area contributed by atoms with Gasteiger partial charge in [0.05, 0.1) is 12.5 Å². The lowest BCUT2D eigenvalue weighted by molar-refractivity contribution is -0.124. The first kappa shape index (κ1) is 12.8. The standard InChI is InChI=1S/C13H19N3O2/c1-14-13(18)11-3-2-6-16(8-11)12-5-4-10(9-17)7-15-12/h4-5,7,11,17H,2-3,6,8-9H2,1H3,(H,14,18). The monoisotopic (exact) mass is 249 g/mol. The van der Waals surface area contributed by atoms with Crippen molar-refractivity contribution < 1.29 is 9.90 Å². The summed E-state index contributed by atoms with van der Waals surface area (Å²) < 4.78 is 0. The van der Waals surface area contributed by atoms with Crippen LogP contribution >= 0.6 is 0 Å². The first-order chi connectivity index (χ1) is 8.74. The van der Waals surface area contributed by atoms with E-state index in [-0.39, 0.29) is 18.4 Å². The summed E-state index contributed by atoms with van der Waals surface area (Å²) >= 11 is 0. The number of aliphatic hydroxyl groups is 1. The molecule has 0 aromatic carbocycles. The molecule has 1 fully saturated rings. The van der Waals surface area contributed by atoms with Crippen LogP contribution in [0.3, 0.4) is 0 Å². The molecule has 5 nitrogen and oxygen atoms in total. The second-order valence-corrected chi connectivity index (χ2v) is 4.58. The molecular formula is C13H19N3O2. The Bertz CT molecular complexity index is 405. The second kappa shape index (κ2) is 5.82. The van der Waals surface area contributed by atoms with Crippen LogP contribution in [-0.2, 0) is 11.4 Å². The van der Waals surface area contributed by atoms with Crippen LogP contribution in [0.15, 0.2) is 18.3 Å². The maximum absolute atomic E-state index is 11.7. The molecule has 1 saturated heterocycles. The van der Waals surface area contributed by atoms with Gasteiger partial charge < -0.3 is 15.3 Å². The highest BCUT2D eigenvalue weighted by atomic mass is 16.3. The van der Waals surface area contributed by atoms with Gasteiger partial charge in [0, 0.05) is 26.3 Å². The topological polar surface area (TPSA) is 65.5 Å². The molecule has 2 N–H and O–H groups in total. The molecule has 0 spiro atoms. The molecule has 2 heterocycles. The average molecular weight is 249 g/mol. The smallest absolute Gasteiger partial charge is 0.224 e. The van der Waals surface area contributed by atoms with Crippen molar-refractivity contribution in [2.45, 2.75) is 19.4 Å². The summed E-state index contributed by atoms with van der Waals surface area (Å²) in [6.45, 7) is 1.65. The molecule has 1 amide bonds. The molecule has 0 radical (unpaired) electrons. The molecule has 18 heavy (non-hydrogen) atoms. The van der Waals surface area contributed by atoms with Crippen molar-refractivity contribution in [2.75, 3.05) is 25.0 Å². The number of nitrogens with one attached hydrogen (secondary N) is 1. The van der Waals surface area contributed by atoms with Crippen LogP contribution in [0.2, 0.25) is 0 Å². The lowest BCUT2D eigenvalue weighted by atomic mass is 9.97. The van der Waals surface area contributed by atoms with Gasteiger partial charge in [0.25, 0.3) is 0 Å². The molecule has 0 bridgehead atoms. The van der Waals surface area contributed by atoms with Gasteiger partial charge in [-0.1, -0.05) is 6.07 Å². The van der Waals surface area contributed by atoms with Gasteiger partial charge in [-0.05, 0) is 24.5 Å². The number of amides is 1. The van der Waals surface area contributed by atoms with E-state index in [2.05, 4.69) is 15.2 Å². The van der Waals surface area contributed by atoms with Gasteiger partial charge in [-0.2, -0.15) is 0 Å². The van der Waals surface area contributed by atoms with Crippen molar-refractivity contribution in [3.63, 3.8) is 0 Å². The predicted octanol–water partition coefficient (Wildman–Crippen LogP) is 0.536. The van der Waals surface area contributed by atoms with Gasteiger partial charge in [-0.15, -0.1) is 0 Å². The Morgan fingerprint density at radius 1 is 1.61 bits per heavy atom. The Hall–Kier alpha value is -1.62. The molecule has 5 heteroatoms. The fraction of sp³-hybridized carbons (Fsp3) is 0.538. The van der Waals surface area contributed by atoms with Crippen molar-refractivity contribution in [1.29, 1.82) is 0 Å². The van der Waals surface area contributed by atoms with Crippen LogP contribution in [-0.4, -0.2) is 36.1 Å². The third-order valence-electron chi connectivity index (χ3n) is 3.35. The number of piperidine rings is 1. The number of nitrogens with zero attached hydrogens (tertiary/aromatic N) is 2. The summed E-state index contributed by atoms with van der Waals surface area (Å²) in [4.78, 5) is 18.1. The zero-order chi connectivity index (χ0) is 13.0. The third kappa shape index (κ3) is 2.79. The van der Waals surface area contributed by atoms with E-state index in [4.69, 9.17) is 5.11 Å². The SMILES string of the molecule is CNC(=O)C1CCCN(c2ccc(CO)cn2)C1. The first-order valence-electron chi connectivity index (χ1n) is 6.27. The van der Waals surface area contributed by atoms with Gasteiger partial charge in [-0.3, -0.25) is 4.79 Å². The molecular weight excluding hydrogens is 230 g/mol. The van der Waals surface area contributed by atoms with Gasteiger partial charge in [0.2, 0.25) is 5.91 Å². The van der Waals surface area contributed by atoms with Crippen molar-refractivity contribution in [2.24, 2.45) is 5.92 Å². The summed E-state index contributed by atoms with van der Waals surface area (Å²) in [5.41, 5.74) is 0.804. The van der Waals surface area contributed by atoms with Crippen molar-refractivity contribution in [1.82, 2.24) is 10.3 Å². The van der Waals surface area contributed by atoms with E-state index in [1.54, 1.807) is 13.2 Å². The number of aromatic nitrogens is 1. The Balaban J connectivity index is 2.05. The Morgan fingerprint density at radius 3 is 3.06 bits per heavy atom. The molecule has 0 aliphatic carbocycles. The predicted molar refractivity (Wildman–Crippen MR) is 69.2 cm³/mol. The number of hydrogen-bond donors (Lipinski definition) is 2. The normalized spacial score (nSPS) is 19.7. The van der Waals surface area contributed by atoms with E-state index in [0.717, 1.165) is 30.8 Å². The fourth-order valence-electron chi connectivity index (χ4n) is 2.30. The highest BCUT2D eigenvalue weighted by molar-refractivity contribution is 5.79. The summed E-state index contributed by atoms with van der Waals surface area (Å²) in [6, 6.07) is 3.77. The molecule has 0 saturated carbocycles. The van der Waals surface area contributed by atoms with Crippen LogP contribution in [0.4, 0.5) is 5.82 Å². The maximum Gasteiger partial charge on any atom is 0.224 e. The summed E-state index contributed by atoms with van der Waals surface area (Å²) in [7, 11) is 1.68. The van der Waals surface area contributed by atoms with Crippen molar-refractivity contribution in [3.8, 4) is 0 Å². The minimum atomic E-state index is 0.00808. The van der Waals surface area contributed by atoms with E-state index in [1.807, 2.05) is 12.1 Å². The second-order valence-electron chi connectivity index (χ2n) is 4.58. The van der Waals surface area contributed by atoms with Crippen LogP contribution in [0, 0.1) is 5.92 Å². The van der Waals surface area contributed by atoms with Gasteiger partial charge in [0.1, 0.15) is 5.82 Å². The molecule has 1 aliphatic heterocycles. The summed E-state index contributed by atoms with van der Waals surface area (Å²) in [5.74, 6) is 1.02. The molecule has 1 aliphatic rings. The average Bonchev–Trinajstić information content (AvgIpc) is 2.46. The van der Waals surface area contributed by atoms with E-state index in [0.29, 0.717) is 6.54 Å². The molecule has 1 aromatic heterocycles. The number of aliphatic hydroxyl groups excluding tert-OH is 1. The van der Waals surface area contributed by atoms with E-state index < -0.39 is 0 Å². The zero-order valence-electron chi connectivity index (χ0n) is 10.6. The van der Waals surface area contributed by atoms with Gasteiger partial charge >= 0.3 is 0 Å². The molecule has 1 atom stereocenters. The Kier molecular flexibility index (Phi) is 4.15. The quantitative estimate of drug-likeness (QED) is 0.820. The number of pyridine rings is 1. The first-order valence-corrected chi connectivity index (χ1v) is 6.27. The number of anilines is 1. The highest BCUT2D eigenvalue weighted by Crippen LogP contribution is 2.21. The number of hydrogen-bond acceptors (Lipinski definition) is 4. The highest BCUT2D eigenvalue weighted by Gasteiger charge is 2.25. The number of rotatable bonds is 3. The molecule has 2 rings (SSSR count). The van der Waals surface area contributed by atoms with Crippen molar-refractivity contribution in [3.05, 3.63) is 23.9 Å². The Morgan fingerprint density at radius 2 is 2.44 bits per heavy atom. The van der Waals surface area contributed by atoms with Crippen LogP contribution in [0.5, 0.6) is 0 Å². The Labute approximate surface area is 107 Å². The largest absolute Gasteiger partial charge is 0.392 e. The lowest BCUT2D eigenvalue weighted by Gasteiger charge is -2.32. The van der Waals surface area contributed by atoms with Gasteiger partial charge in [-0.25, -0.2) is 4.98 Å². The number of carbonyl (C=O) groups is 1.